The van der Waals surface area contributed by atoms with Gasteiger partial charge in [0, 0.05) is 11.9 Å². The number of rotatable bonds is 5. The lowest BCUT2D eigenvalue weighted by molar-refractivity contribution is 0.416. The van der Waals surface area contributed by atoms with Crippen molar-refractivity contribution in [3.05, 3.63) is 51.1 Å². The number of hydrogen-bond acceptors (Lipinski definition) is 7. The van der Waals surface area contributed by atoms with Crippen LogP contribution in [0.25, 0.3) is 0 Å². The molecule has 2 heterocycles. The Balaban J connectivity index is 1.89. The van der Waals surface area contributed by atoms with Gasteiger partial charge < -0.3 is 5.11 Å². The molecule has 0 amide bonds. The first kappa shape index (κ1) is 16.4. The maximum atomic E-state index is 10.4. The van der Waals surface area contributed by atoms with Crippen molar-refractivity contribution in [2.75, 3.05) is 5.43 Å². The predicted octanol–water partition coefficient (Wildman–Crippen LogP) is 3.72. The van der Waals surface area contributed by atoms with Crippen molar-refractivity contribution < 1.29 is 5.11 Å². The number of para-hydroxylation sites is 1. The van der Waals surface area contributed by atoms with E-state index in [4.69, 9.17) is 0 Å². The highest BCUT2D eigenvalue weighted by Gasteiger charge is 2.10. The lowest BCUT2D eigenvalue weighted by atomic mass is 10.3. The zero-order valence-electron chi connectivity index (χ0n) is 13.3. The number of benzene rings is 1. The first-order valence-corrected chi connectivity index (χ1v) is 9.10. The SMILES string of the molecule is CCn1c(O)c(C=Nc2ccccc2)s/c1=N/Nc1nc(C)cs1. The number of nitrogens with one attached hydrogen (secondary N) is 1. The van der Waals surface area contributed by atoms with Crippen LogP contribution in [-0.4, -0.2) is 20.9 Å². The standard InChI is InChI=1S/C16H17N5OS2/c1-3-21-14(22)13(9-17-12-7-5-4-6-8-12)24-16(21)20-19-15-18-11(2)10-23-15/h4-10,22H,3H2,1-2H3,(H,18,19)/b17-9?,20-16+. The van der Waals surface area contributed by atoms with E-state index >= 15 is 0 Å². The highest BCUT2D eigenvalue weighted by atomic mass is 32.1. The summed E-state index contributed by atoms with van der Waals surface area (Å²) in [6.45, 7) is 4.50. The molecule has 0 aliphatic heterocycles. The number of aryl methyl sites for hydroxylation is 1. The highest BCUT2D eigenvalue weighted by molar-refractivity contribution is 7.13. The molecule has 0 radical (unpaired) electrons. The molecule has 124 valence electrons. The van der Waals surface area contributed by atoms with Gasteiger partial charge in [-0.3, -0.25) is 9.56 Å². The largest absolute Gasteiger partial charge is 0.493 e. The fourth-order valence-corrected chi connectivity index (χ4v) is 3.57. The third-order valence-corrected chi connectivity index (χ3v) is 5.04. The molecule has 0 aliphatic carbocycles. The molecule has 6 nitrogen and oxygen atoms in total. The molecule has 0 unspecified atom stereocenters. The summed E-state index contributed by atoms with van der Waals surface area (Å²) in [5.74, 6) is 0.165. The molecule has 3 rings (SSSR count). The molecule has 0 saturated carbocycles. The number of thiazole rings is 2. The highest BCUT2D eigenvalue weighted by Crippen LogP contribution is 2.20. The second kappa shape index (κ2) is 7.41. The second-order valence-electron chi connectivity index (χ2n) is 4.93. The molecule has 0 spiro atoms. The van der Waals surface area contributed by atoms with E-state index in [9.17, 15) is 5.11 Å². The van der Waals surface area contributed by atoms with Gasteiger partial charge >= 0.3 is 0 Å². The smallest absolute Gasteiger partial charge is 0.212 e. The van der Waals surface area contributed by atoms with E-state index in [1.165, 1.54) is 22.7 Å². The maximum absolute atomic E-state index is 10.4. The van der Waals surface area contributed by atoms with E-state index in [0.29, 0.717) is 16.2 Å². The number of aromatic hydroxyl groups is 1. The maximum Gasteiger partial charge on any atom is 0.212 e. The van der Waals surface area contributed by atoms with Gasteiger partial charge in [-0.05, 0) is 26.0 Å². The van der Waals surface area contributed by atoms with Gasteiger partial charge in [-0.1, -0.05) is 29.5 Å². The Morgan fingerprint density at radius 2 is 2.12 bits per heavy atom. The number of hydrogen-bond donors (Lipinski definition) is 2. The Morgan fingerprint density at radius 3 is 2.79 bits per heavy atom. The van der Waals surface area contributed by atoms with Crippen LogP contribution in [0.5, 0.6) is 5.88 Å². The summed E-state index contributed by atoms with van der Waals surface area (Å²) in [7, 11) is 0. The number of aliphatic imine (C=N–C) groups is 1. The van der Waals surface area contributed by atoms with Crippen LogP contribution in [-0.2, 0) is 6.54 Å². The topological polar surface area (TPSA) is 74.8 Å². The van der Waals surface area contributed by atoms with Crippen molar-refractivity contribution in [2.24, 2.45) is 10.1 Å². The monoisotopic (exact) mass is 359 g/mol. The van der Waals surface area contributed by atoms with Crippen LogP contribution < -0.4 is 10.2 Å². The fourth-order valence-electron chi connectivity index (χ4n) is 2.02. The van der Waals surface area contributed by atoms with Gasteiger partial charge in [-0.25, -0.2) is 10.4 Å². The number of aromatic nitrogens is 2. The average Bonchev–Trinajstić information content (AvgIpc) is 3.15. The minimum absolute atomic E-state index is 0.165. The van der Waals surface area contributed by atoms with Crippen LogP contribution >= 0.6 is 22.7 Å². The lowest BCUT2D eigenvalue weighted by Crippen LogP contribution is -2.14. The minimum atomic E-state index is 0.165. The Labute approximate surface area is 147 Å². The summed E-state index contributed by atoms with van der Waals surface area (Å²) in [5.41, 5.74) is 4.72. The van der Waals surface area contributed by atoms with Crippen molar-refractivity contribution in [2.45, 2.75) is 20.4 Å². The molecule has 8 heteroatoms. The molecular formula is C16H17N5OS2. The summed E-state index contributed by atoms with van der Waals surface area (Å²) in [5, 5.41) is 17.4. The van der Waals surface area contributed by atoms with Crippen molar-refractivity contribution in [1.82, 2.24) is 9.55 Å². The van der Waals surface area contributed by atoms with Gasteiger partial charge in [-0.2, -0.15) is 0 Å². The normalized spacial score (nSPS) is 12.2. The lowest BCUT2D eigenvalue weighted by Gasteiger charge is -1.99. The first-order valence-electron chi connectivity index (χ1n) is 7.41. The van der Waals surface area contributed by atoms with Gasteiger partial charge in [0.2, 0.25) is 15.8 Å². The van der Waals surface area contributed by atoms with Gasteiger partial charge in [0.25, 0.3) is 0 Å². The van der Waals surface area contributed by atoms with Crippen molar-refractivity contribution in [3.8, 4) is 5.88 Å². The summed E-state index contributed by atoms with van der Waals surface area (Å²) >= 11 is 2.86. The van der Waals surface area contributed by atoms with Gasteiger partial charge in [-0.15, -0.1) is 16.4 Å². The van der Waals surface area contributed by atoms with Crippen LogP contribution in [0.15, 0.2) is 45.8 Å². The van der Waals surface area contributed by atoms with E-state index in [0.717, 1.165) is 16.5 Å². The van der Waals surface area contributed by atoms with E-state index in [-0.39, 0.29) is 5.88 Å². The molecule has 2 aromatic heterocycles. The van der Waals surface area contributed by atoms with E-state index < -0.39 is 0 Å². The molecule has 0 fully saturated rings. The van der Waals surface area contributed by atoms with Crippen LogP contribution in [0, 0.1) is 6.92 Å². The molecular weight excluding hydrogens is 342 g/mol. The third kappa shape index (κ3) is 3.72. The molecule has 0 atom stereocenters. The minimum Gasteiger partial charge on any atom is -0.493 e. The molecule has 0 aliphatic rings. The fraction of sp³-hybridized carbons (Fsp3) is 0.188. The molecule has 0 saturated heterocycles. The Hall–Kier alpha value is -2.45. The Morgan fingerprint density at radius 1 is 1.33 bits per heavy atom. The summed E-state index contributed by atoms with van der Waals surface area (Å²) in [6.07, 6.45) is 1.66. The number of anilines is 1. The van der Waals surface area contributed by atoms with Crippen molar-refractivity contribution in [1.29, 1.82) is 0 Å². The van der Waals surface area contributed by atoms with E-state index in [2.05, 4.69) is 20.5 Å². The number of nitrogens with zero attached hydrogens (tertiary/aromatic N) is 4. The second-order valence-corrected chi connectivity index (χ2v) is 6.80. The summed E-state index contributed by atoms with van der Waals surface area (Å²) < 4.78 is 1.73. The quantitative estimate of drug-likeness (QED) is 0.538. The van der Waals surface area contributed by atoms with Gasteiger partial charge in [0.1, 0.15) is 4.88 Å². The van der Waals surface area contributed by atoms with Gasteiger partial charge in [0.05, 0.1) is 17.6 Å². The summed E-state index contributed by atoms with van der Waals surface area (Å²) in [6, 6.07) is 9.61. The van der Waals surface area contributed by atoms with Crippen molar-refractivity contribution >= 4 is 39.7 Å². The van der Waals surface area contributed by atoms with Crippen LogP contribution in [0.3, 0.4) is 0 Å². The molecule has 0 bridgehead atoms. The Kier molecular flexibility index (Phi) is 5.07. The predicted molar refractivity (Wildman–Crippen MR) is 99.4 cm³/mol. The third-order valence-electron chi connectivity index (χ3n) is 3.18. The summed E-state index contributed by atoms with van der Waals surface area (Å²) in [4.78, 5) is 10.0. The molecule has 3 aromatic rings. The average molecular weight is 359 g/mol. The van der Waals surface area contributed by atoms with Crippen LogP contribution in [0.4, 0.5) is 10.8 Å². The first-order chi connectivity index (χ1) is 11.7. The zero-order chi connectivity index (χ0) is 16.9. The van der Waals surface area contributed by atoms with Crippen LogP contribution in [0.1, 0.15) is 17.5 Å². The van der Waals surface area contributed by atoms with E-state index in [1.807, 2.05) is 49.6 Å². The molecule has 24 heavy (non-hydrogen) atoms. The van der Waals surface area contributed by atoms with Gasteiger partial charge in [0.15, 0.2) is 0 Å². The van der Waals surface area contributed by atoms with Crippen molar-refractivity contribution in [3.63, 3.8) is 0 Å². The zero-order valence-corrected chi connectivity index (χ0v) is 14.9. The Bertz CT molecular complexity index is 908. The molecule has 2 N–H and O–H groups in total. The van der Waals surface area contributed by atoms with Crippen LogP contribution in [0.2, 0.25) is 0 Å². The molecule has 1 aromatic carbocycles. The van der Waals surface area contributed by atoms with E-state index in [1.54, 1.807) is 10.8 Å².